The molecule has 0 fully saturated rings. The molecule has 1 heterocycles. The SMILES string of the molecule is CC(CC#N)N(C)S(=O)(=O)c1ccnc(N)c1. The van der Waals surface area contributed by atoms with Crippen LogP contribution in [0.5, 0.6) is 0 Å². The fraction of sp³-hybridized carbons (Fsp3) is 0.400. The third-order valence-electron chi connectivity index (χ3n) is 2.44. The van der Waals surface area contributed by atoms with Crippen LogP contribution >= 0.6 is 0 Å². The zero-order valence-electron chi connectivity index (χ0n) is 9.66. The van der Waals surface area contributed by atoms with E-state index >= 15 is 0 Å². The topological polar surface area (TPSA) is 100 Å². The zero-order chi connectivity index (χ0) is 13.1. The van der Waals surface area contributed by atoms with Crippen molar-refractivity contribution in [3.63, 3.8) is 0 Å². The lowest BCUT2D eigenvalue weighted by molar-refractivity contribution is 0.393. The van der Waals surface area contributed by atoms with Gasteiger partial charge in [-0.15, -0.1) is 0 Å². The maximum absolute atomic E-state index is 12.1. The number of sulfonamides is 1. The van der Waals surface area contributed by atoms with Gasteiger partial charge in [0.25, 0.3) is 0 Å². The van der Waals surface area contributed by atoms with E-state index in [1.807, 2.05) is 6.07 Å². The van der Waals surface area contributed by atoms with Crippen molar-refractivity contribution in [2.45, 2.75) is 24.3 Å². The highest BCUT2D eigenvalue weighted by molar-refractivity contribution is 7.89. The van der Waals surface area contributed by atoms with E-state index in [0.717, 1.165) is 4.31 Å². The van der Waals surface area contributed by atoms with Crippen LogP contribution in [0.25, 0.3) is 0 Å². The molecule has 6 nitrogen and oxygen atoms in total. The lowest BCUT2D eigenvalue weighted by Crippen LogP contribution is -2.34. The molecule has 0 aliphatic carbocycles. The van der Waals surface area contributed by atoms with Gasteiger partial charge in [-0.25, -0.2) is 13.4 Å². The van der Waals surface area contributed by atoms with Gasteiger partial charge >= 0.3 is 0 Å². The molecule has 1 rings (SSSR count). The van der Waals surface area contributed by atoms with Gasteiger partial charge in [0.15, 0.2) is 0 Å². The van der Waals surface area contributed by atoms with Crippen molar-refractivity contribution in [3.05, 3.63) is 18.3 Å². The van der Waals surface area contributed by atoms with E-state index in [1.165, 1.54) is 25.4 Å². The molecule has 0 saturated heterocycles. The molecule has 0 aliphatic rings. The third-order valence-corrected chi connectivity index (χ3v) is 4.40. The Morgan fingerprint density at radius 1 is 1.65 bits per heavy atom. The minimum atomic E-state index is -3.62. The maximum Gasteiger partial charge on any atom is 0.243 e. The molecule has 1 aromatic heterocycles. The summed E-state index contributed by atoms with van der Waals surface area (Å²) >= 11 is 0. The number of aromatic nitrogens is 1. The van der Waals surface area contributed by atoms with Crippen LogP contribution < -0.4 is 5.73 Å². The first kappa shape index (κ1) is 13.4. The van der Waals surface area contributed by atoms with Crippen molar-refractivity contribution < 1.29 is 8.42 Å². The molecule has 7 heteroatoms. The Bertz CT molecular complexity index is 535. The average Bonchev–Trinajstić information content (AvgIpc) is 2.28. The molecule has 92 valence electrons. The molecule has 2 N–H and O–H groups in total. The summed E-state index contributed by atoms with van der Waals surface area (Å²) in [4.78, 5) is 3.82. The lowest BCUT2D eigenvalue weighted by atomic mass is 10.3. The molecule has 0 radical (unpaired) electrons. The smallest absolute Gasteiger partial charge is 0.243 e. The van der Waals surface area contributed by atoms with Crippen LogP contribution in [-0.2, 0) is 10.0 Å². The second-order valence-electron chi connectivity index (χ2n) is 3.65. The van der Waals surface area contributed by atoms with Crippen LogP contribution in [0, 0.1) is 11.3 Å². The fourth-order valence-electron chi connectivity index (χ4n) is 1.25. The van der Waals surface area contributed by atoms with E-state index in [-0.39, 0.29) is 23.2 Å². The van der Waals surface area contributed by atoms with Crippen molar-refractivity contribution in [3.8, 4) is 6.07 Å². The van der Waals surface area contributed by atoms with Crippen molar-refractivity contribution in [2.24, 2.45) is 0 Å². The molecule has 0 saturated carbocycles. The third kappa shape index (κ3) is 2.93. The molecule has 0 spiro atoms. The quantitative estimate of drug-likeness (QED) is 0.847. The van der Waals surface area contributed by atoms with Gasteiger partial charge in [0.05, 0.1) is 17.4 Å². The summed E-state index contributed by atoms with van der Waals surface area (Å²) in [6.07, 6.45) is 1.47. The number of nitrogens with zero attached hydrogens (tertiary/aromatic N) is 3. The minimum Gasteiger partial charge on any atom is -0.384 e. The molecule has 0 aliphatic heterocycles. The van der Waals surface area contributed by atoms with E-state index < -0.39 is 10.0 Å². The number of nitrogen functional groups attached to an aromatic ring is 1. The number of anilines is 1. The Morgan fingerprint density at radius 2 is 2.29 bits per heavy atom. The summed E-state index contributed by atoms with van der Waals surface area (Å²) in [5.41, 5.74) is 5.44. The molecule has 0 bridgehead atoms. The zero-order valence-corrected chi connectivity index (χ0v) is 10.5. The van der Waals surface area contributed by atoms with Gasteiger partial charge in [-0.2, -0.15) is 9.57 Å². The first-order chi connectivity index (χ1) is 7.89. The highest BCUT2D eigenvalue weighted by Crippen LogP contribution is 2.18. The van der Waals surface area contributed by atoms with Crippen LogP contribution in [0.4, 0.5) is 5.82 Å². The van der Waals surface area contributed by atoms with Crippen molar-refractivity contribution in [1.82, 2.24) is 9.29 Å². The van der Waals surface area contributed by atoms with Crippen molar-refractivity contribution in [2.75, 3.05) is 12.8 Å². The van der Waals surface area contributed by atoms with Crippen molar-refractivity contribution in [1.29, 1.82) is 5.26 Å². The van der Waals surface area contributed by atoms with E-state index in [2.05, 4.69) is 4.98 Å². The molecular weight excluding hydrogens is 240 g/mol. The van der Waals surface area contributed by atoms with E-state index in [1.54, 1.807) is 6.92 Å². The Kier molecular flexibility index (Phi) is 4.04. The van der Waals surface area contributed by atoms with Crippen LogP contribution in [-0.4, -0.2) is 30.8 Å². The van der Waals surface area contributed by atoms with Gasteiger partial charge in [0, 0.05) is 25.4 Å². The van der Waals surface area contributed by atoms with Crippen LogP contribution in [0.3, 0.4) is 0 Å². The van der Waals surface area contributed by atoms with E-state index in [9.17, 15) is 8.42 Å². The Labute approximate surface area is 101 Å². The predicted molar refractivity (Wildman–Crippen MR) is 63.3 cm³/mol. The second kappa shape index (κ2) is 5.12. The van der Waals surface area contributed by atoms with E-state index in [0.29, 0.717) is 0 Å². The number of nitrogens with two attached hydrogens (primary N) is 1. The summed E-state index contributed by atoms with van der Waals surface area (Å²) < 4.78 is 25.4. The van der Waals surface area contributed by atoms with Gasteiger partial charge in [0.1, 0.15) is 5.82 Å². The highest BCUT2D eigenvalue weighted by atomic mass is 32.2. The van der Waals surface area contributed by atoms with Gasteiger partial charge < -0.3 is 5.73 Å². The molecule has 17 heavy (non-hydrogen) atoms. The number of rotatable bonds is 4. The molecule has 1 aromatic rings. The molecule has 0 amide bonds. The molecule has 1 atom stereocenters. The lowest BCUT2D eigenvalue weighted by Gasteiger charge is -2.22. The summed E-state index contributed by atoms with van der Waals surface area (Å²) in [7, 11) is -2.18. The van der Waals surface area contributed by atoms with Gasteiger partial charge in [-0.1, -0.05) is 0 Å². The minimum absolute atomic E-state index is 0.0808. The summed E-state index contributed by atoms with van der Waals surface area (Å²) in [5.74, 6) is 0.146. The predicted octanol–water partition coefficient (Wildman–Crippen LogP) is 0.586. The standard InChI is InChI=1S/C10H14N4O2S/c1-8(3-5-11)14(2)17(15,16)9-4-6-13-10(12)7-9/h4,6-8H,3H2,1-2H3,(H2,12,13). The molecule has 0 aromatic carbocycles. The number of pyridine rings is 1. The molecule has 1 unspecified atom stereocenters. The fourth-order valence-corrected chi connectivity index (χ4v) is 2.64. The first-order valence-electron chi connectivity index (χ1n) is 4.96. The van der Waals surface area contributed by atoms with Crippen LogP contribution in [0.2, 0.25) is 0 Å². The van der Waals surface area contributed by atoms with E-state index in [4.69, 9.17) is 11.0 Å². The van der Waals surface area contributed by atoms with Gasteiger partial charge in [-0.3, -0.25) is 0 Å². The number of nitriles is 1. The molecular formula is C10H14N4O2S. The normalized spacial score (nSPS) is 13.3. The van der Waals surface area contributed by atoms with Crippen molar-refractivity contribution >= 4 is 15.8 Å². The summed E-state index contributed by atoms with van der Waals surface area (Å²) in [5, 5.41) is 8.56. The number of hydrogen-bond acceptors (Lipinski definition) is 5. The Morgan fingerprint density at radius 3 is 2.82 bits per heavy atom. The second-order valence-corrected chi connectivity index (χ2v) is 5.65. The van der Waals surface area contributed by atoms with Crippen LogP contribution in [0.1, 0.15) is 13.3 Å². The average molecular weight is 254 g/mol. The summed E-state index contributed by atoms with van der Waals surface area (Å²) in [6.45, 7) is 1.67. The van der Waals surface area contributed by atoms with Gasteiger partial charge in [0.2, 0.25) is 10.0 Å². The van der Waals surface area contributed by atoms with Gasteiger partial charge in [-0.05, 0) is 13.0 Å². The van der Waals surface area contributed by atoms with Crippen LogP contribution in [0.15, 0.2) is 23.2 Å². The number of hydrogen-bond donors (Lipinski definition) is 1. The largest absolute Gasteiger partial charge is 0.384 e. The highest BCUT2D eigenvalue weighted by Gasteiger charge is 2.25. The monoisotopic (exact) mass is 254 g/mol. The Balaban J connectivity index is 3.08. The summed E-state index contributed by atoms with van der Waals surface area (Å²) in [6, 6.07) is 4.22. The first-order valence-corrected chi connectivity index (χ1v) is 6.40. The maximum atomic E-state index is 12.1. The Hall–Kier alpha value is -1.65.